The van der Waals surface area contributed by atoms with E-state index in [2.05, 4.69) is 5.32 Å². The molecule has 0 aromatic heterocycles. The Labute approximate surface area is 109 Å². The molecule has 0 aliphatic carbocycles. The molecule has 1 aliphatic rings. The minimum absolute atomic E-state index is 0.0488. The second kappa shape index (κ2) is 6.18. The zero-order chi connectivity index (χ0) is 13.8. The van der Waals surface area contributed by atoms with Gasteiger partial charge in [0.15, 0.2) is 0 Å². The van der Waals surface area contributed by atoms with Crippen molar-refractivity contribution < 1.29 is 9.59 Å². The van der Waals surface area contributed by atoms with Crippen molar-refractivity contribution in [1.29, 1.82) is 0 Å². The van der Waals surface area contributed by atoms with Crippen molar-refractivity contribution in [2.75, 3.05) is 13.1 Å². The van der Waals surface area contributed by atoms with Crippen LogP contribution in [0.25, 0.3) is 0 Å². The number of hydrogen-bond acceptors (Lipinski definition) is 3. The van der Waals surface area contributed by atoms with Gasteiger partial charge in [-0.05, 0) is 19.8 Å². The maximum atomic E-state index is 12.0. The molecule has 1 fully saturated rings. The molecule has 1 aliphatic heterocycles. The van der Waals surface area contributed by atoms with Crippen LogP contribution in [0.2, 0.25) is 0 Å². The maximum Gasteiger partial charge on any atom is 0.240 e. The Morgan fingerprint density at radius 2 is 2.11 bits per heavy atom. The van der Waals surface area contributed by atoms with E-state index in [-0.39, 0.29) is 17.9 Å². The Morgan fingerprint density at radius 1 is 1.44 bits per heavy atom. The summed E-state index contributed by atoms with van der Waals surface area (Å²) in [5.74, 6) is 0.0379. The standard InChI is InChI=1S/C13H25N3O2/c1-4-7-13(3,14)12(18)15-10-6-8-16(9-10)11(17)5-2/h10H,4-9,14H2,1-3H3,(H,15,18). The first-order valence-electron chi connectivity index (χ1n) is 6.78. The first-order chi connectivity index (χ1) is 8.40. The van der Waals surface area contributed by atoms with E-state index in [0.717, 1.165) is 19.4 Å². The number of hydrogen-bond donors (Lipinski definition) is 2. The average Bonchev–Trinajstić information content (AvgIpc) is 2.76. The average molecular weight is 255 g/mol. The number of amides is 2. The Bertz CT molecular complexity index is 315. The molecular formula is C13H25N3O2. The van der Waals surface area contributed by atoms with Gasteiger partial charge in [0, 0.05) is 25.6 Å². The van der Waals surface area contributed by atoms with Crippen LogP contribution in [0.1, 0.15) is 46.5 Å². The van der Waals surface area contributed by atoms with Gasteiger partial charge in [0.1, 0.15) is 0 Å². The topological polar surface area (TPSA) is 75.4 Å². The molecule has 1 heterocycles. The van der Waals surface area contributed by atoms with Crippen molar-refractivity contribution in [2.24, 2.45) is 5.73 Å². The lowest BCUT2D eigenvalue weighted by Crippen LogP contribution is -2.54. The zero-order valence-corrected chi connectivity index (χ0v) is 11.7. The van der Waals surface area contributed by atoms with E-state index in [1.54, 1.807) is 11.8 Å². The van der Waals surface area contributed by atoms with Crippen molar-refractivity contribution in [3.63, 3.8) is 0 Å². The molecule has 0 saturated carbocycles. The van der Waals surface area contributed by atoms with Crippen molar-refractivity contribution in [3.05, 3.63) is 0 Å². The monoisotopic (exact) mass is 255 g/mol. The van der Waals surface area contributed by atoms with Crippen molar-refractivity contribution in [3.8, 4) is 0 Å². The fourth-order valence-corrected chi connectivity index (χ4v) is 2.31. The van der Waals surface area contributed by atoms with E-state index in [1.165, 1.54) is 0 Å². The highest BCUT2D eigenvalue weighted by atomic mass is 16.2. The predicted octanol–water partition coefficient (Wildman–Crippen LogP) is 0.631. The summed E-state index contributed by atoms with van der Waals surface area (Å²) in [7, 11) is 0. The number of carbonyl (C=O) groups is 2. The highest BCUT2D eigenvalue weighted by Crippen LogP contribution is 2.13. The molecule has 0 aromatic carbocycles. The molecule has 0 radical (unpaired) electrons. The Morgan fingerprint density at radius 3 is 2.67 bits per heavy atom. The SMILES string of the molecule is CCCC(C)(N)C(=O)NC1CCN(C(=O)CC)C1. The Hall–Kier alpha value is -1.10. The molecule has 2 amide bonds. The van der Waals surface area contributed by atoms with Crippen LogP contribution in [0.4, 0.5) is 0 Å². The Kier molecular flexibility index (Phi) is 5.14. The number of nitrogens with one attached hydrogen (secondary N) is 1. The van der Waals surface area contributed by atoms with E-state index in [9.17, 15) is 9.59 Å². The van der Waals surface area contributed by atoms with E-state index < -0.39 is 5.54 Å². The molecular weight excluding hydrogens is 230 g/mol. The van der Waals surface area contributed by atoms with Crippen LogP contribution in [-0.2, 0) is 9.59 Å². The van der Waals surface area contributed by atoms with E-state index >= 15 is 0 Å². The summed E-state index contributed by atoms with van der Waals surface area (Å²) in [6.45, 7) is 6.96. The van der Waals surface area contributed by atoms with Crippen LogP contribution in [0.15, 0.2) is 0 Å². The molecule has 5 heteroatoms. The smallest absolute Gasteiger partial charge is 0.240 e. The van der Waals surface area contributed by atoms with Gasteiger partial charge in [0.05, 0.1) is 5.54 Å². The predicted molar refractivity (Wildman–Crippen MR) is 70.9 cm³/mol. The summed E-state index contributed by atoms with van der Waals surface area (Å²) in [5.41, 5.74) is 5.17. The second-order valence-corrected chi connectivity index (χ2v) is 5.32. The number of likely N-dealkylation sites (tertiary alicyclic amines) is 1. The van der Waals surface area contributed by atoms with Gasteiger partial charge in [0.2, 0.25) is 11.8 Å². The normalized spacial score (nSPS) is 22.7. The maximum absolute atomic E-state index is 12.0. The van der Waals surface area contributed by atoms with Crippen LogP contribution in [-0.4, -0.2) is 41.4 Å². The number of nitrogens with two attached hydrogens (primary N) is 1. The van der Waals surface area contributed by atoms with Gasteiger partial charge < -0.3 is 16.0 Å². The van der Waals surface area contributed by atoms with E-state index in [0.29, 0.717) is 19.4 Å². The molecule has 104 valence electrons. The highest BCUT2D eigenvalue weighted by Gasteiger charge is 2.32. The summed E-state index contributed by atoms with van der Waals surface area (Å²) in [5, 5.41) is 2.96. The largest absolute Gasteiger partial charge is 0.350 e. The lowest BCUT2D eigenvalue weighted by Gasteiger charge is -2.25. The first-order valence-corrected chi connectivity index (χ1v) is 6.78. The van der Waals surface area contributed by atoms with E-state index in [1.807, 2.05) is 13.8 Å². The minimum Gasteiger partial charge on any atom is -0.350 e. The molecule has 2 atom stereocenters. The number of carbonyl (C=O) groups excluding carboxylic acids is 2. The fourth-order valence-electron chi connectivity index (χ4n) is 2.31. The lowest BCUT2D eigenvalue weighted by molar-refractivity contribution is -0.130. The van der Waals surface area contributed by atoms with Crippen LogP contribution >= 0.6 is 0 Å². The first kappa shape index (κ1) is 15.0. The lowest BCUT2D eigenvalue weighted by atomic mass is 9.96. The van der Waals surface area contributed by atoms with Gasteiger partial charge in [-0.15, -0.1) is 0 Å². The minimum atomic E-state index is -0.809. The molecule has 0 spiro atoms. The number of rotatable bonds is 5. The van der Waals surface area contributed by atoms with Crippen molar-refractivity contribution in [2.45, 2.75) is 58.0 Å². The Balaban J connectivity index is 2.45. The third kappa shape index (κ3) is 3.70. The van der Waals surface area contributed by atoms with Gasteiger partial charge in [-0.25, -0.2) is 0 Å². The van der Waals surface area contributed by atoms with Gasteiger partial charge >= 0.3 is 0 Å². The summed E-state index contributed by atoms with van der Waals surface area (Å²) in [6.07, 6.45) is 2.89. The summed E-state index contributed by atoms with van der Waals surface area (Å²) < 4.78 is 0. The third-order valence-corrected chi connectivity index (χ3v) is 3.47. The van der Waals surface area contributed by atoms with Crippen LogP contribution in [0.3, 0.4) is 0 Å². The quantitative estimate of drug-likeness (QED) is 0.756. The van der Waals surface area contributed by atoms with Crippen molar-refractivity contribution >= 4 is 11.8 Å². The second-order valence-electron chi connectivity index (χ2n) is 5.32. The summed E-state index contributed by atoms with van der Waals surface area (Å²) in [4.78, 5) is 25.4. The molecule has 18 heavy (non-hydrogen) atoms. The number of nitrogens with zero attached hydrogens (tertiary/aromatic N) is 1. The van der Waals surface area contributed by atoms with Crippen LogP contribution in [0, 0.1) is 0 Å². The zero-order valence-electron chi connectivity index (χ0n) is 11.7. The summed E-state index contributed by atoms with van der Waals surface area (Å²) >= 11 is 0. The fraction of sp³-hybridized carbons (Fsp3) is 0.846. The third-order valence-electron chi connectivity index (χ3n) is 3.47. The van der Waals surface area contributed by atoms with Gasteiger partial charge in [-0.2, -0.15) is 0 Å². The molecule has 3 N–H and O–H groups in total. The van der Waals surface area contributed by atoms with Crippen LogP contribution < -0.4 is 11.1 Å². The molecule has 1 saturated heterocycles. The van der Waals surface area contributed by atoms with Gasteiger partial charge in [0.25, 0.3) is 0 Å². The van der Waals surface area contributed by atoms with Gasteiger partial charge in [-0.1, -0.05) is 20.3 Å². The van der Waals surface area contributed by atoms with Crippen molar-refractivity contribution in [1.82, 2.24) is 10.2 Å². The molecule has 0 bridgehead atoms. The highest BCUT2D eigenvalue weighted by molar-refractivity contribution is 5.86. The van der Waals surface area contributed by atoms with E-state index in [4.69, 9.17) is 5.73 Å². The van der Waals surface area contributed by atoms with Crippen LogP contribution in [0.5, 0.6) is 0 Å². The van der Waals surface area contributed by atoms with Gasteiger partial charge in [-0.3, -0.25) is 9.59 Å². The molecule has 2 unspecified atom stereocenters. The molecule has 0 aromatic rings. The molecule has 1 rings (SSSR count). The molecule has 5 nitrogen and oxygen atoms in total. The summed E-state index contributed by atoms with van der Waals surface area (Å²) in [6, 6.07) is 0.0488.